The highest BCUT2D eigenvalue weighted by molar-refractivity contribution is 6.15. The van der Waals surface area contributed by atoms with Crippen molar-refractivity contribution in [3.63, 3.8) is 0 Å². The van der Waals surface area contributed by atoms with Crippen LogP contribution in [0.2, 0.25) is 0 Å². The van der Waals surface area contributed by atoms with Gasteiger partial charge in [-0.25, -0.2) is 9.67 Å². The normalized spacial score (nSPS) is 15.5. The van der Waals surface area contributed by atoms with Gasteiger partial charge in [-0.2, -0.15) is 5.10 Å². The van der Waals surface area contributed by atoms with Gasteiger partial charge in [-0.3, -0.25) is 4.79 Å². The Hall–Kier alpha value is -3.47. The van der Waals surface area contributed by atoms with Gasteiger partial charge in [-0.1, -0.05) is 48.0 Å². The average Bonchev–Trinajstić information content (AvgIpc) is 3.28. The molecule has 1 aliphatic rings. The van der Waals surface area contributed by atoms with Gasteiger partial charge in [0.25, 0.3) is 5.91 Å². The van der Waals surface area contributed by atoms with Crippen molar-refractivity contribution in [2.75, 3.05) is 4.90 Å². The lowest BCUT2D eigenvalue weighted by molar-refractivity contribution is 0.0983. The fraction of sp³-hybridized carbons (Fsp3) is 0.269. The Kier molecular flexibility index (Phi) is 4.62. The Morgan fingerprint density at radius 1 is 1.10 bits per heavy atom. The molecular weight excluding hydrogens is 384 g/mol. The Bertz CT molecular complexity index is 1300. The fourth-order valence-electron chi connectivity index (χ4n) is 4.62. The first kappa shape index (κ1) is 19.5. The maximum Gasteiger partial charge on any atom is 0.259 e. The molecule has 1 amide bonds. The molecule has 5 rings (SSSR count). The van der Waals surface area contributed by atoms with Crippen molar-refractivity contribution >= 4 is 22.6 Å². The van der Waals surface area contributed by atoms with Crippen LogP contribution in [-0.4, -0.2) is 26.7 Å². The van der Waals surface area contributed by atoms with Crippen LogP contribution in [0.25, 0.3) is 22.3 Å². The van der Waals surface area contributed by atoms with E-state index in [1.54, 1.807) is 0 Å². The minimum Gasteiger partial charge on any atom is -0.305 e. The molecule has 0 N–H and O–H groups in total. The van der Waals surface area contributed by atoms with Crippen LogP contribution >= 0.6 is 0 Å². The second-order valence-corrected chi connectivity index (χ2v) is 8.38. The summed E-state index contributed by atoms with van der Waals surface area (Å²) in [6.45, 7) is 8.88. The van der Waals surface area contributed by atoms with Gasteiger partial charge in [0.15, 0.2) is 5.65 Å². The van der Waals surface area contributed by atoms with Crippen LogP contribution in [0, 0.1) is 13.8 Å². The van der Waals surface area contributed by atoms with Crippen LogP contribution in [0.4, 0.5) is 5.69 Å². The lowest BCUT2D eigenvalue weighted by Crippen LogP contribution is -2.36. The molecule has 0 spiro atoms. The van der Waals surface area contributed by atoms with Crippen molar-refractivity contribution in [3.8, 4) is 11.3 Å². The number of benzene rings is 2. The van der Waals surface area contributed by atoms with Crippen LogP contribution in [0.5, 0.6) is 0 Å². The standard InChI is InChI=1S/C26H26N4O/c1-5-29-25-24(18(4)28-29)21(15-22(27-25)19-12-10-16(2)11-13-19)26(31)30-17(3)14-20-8-6-7-9-23(20)30/h6-13,15,17H,5,14H2,1-4H3/t17-/m0/s1. The molecule has 0 bridgehead atoms. The molecule has 1 atom stereocenters. The predicted molar refractivity (Wildman–Crippen MR) is 125 cm³/mol. The molecule has 5 heteroatoms. The van der Waals surface area contributed by atoms with E-state index in [4.69, 9.17) is 4.98 Å². The van der Waals surface area contributed by atoms with Gasteiger partial charge < -0.3 is 4.90 Å². The first-order valence-corrected chi connectivity index (χ1v) is 10.8. The monoisotopic (exact) mass is 410 g/mol. The molecule has 0 aliphatic carbocycles. The average molecular weight is 411 g/mol. The van der Waals surface area contributed by atoms with E-state index >= 15 is 0 Å². The number of carbonyl (C=O) groups excluding carboxylic acids is 1. The van der Waals surface area contributed by atoms with Gasteiger partial charge in [0.2, 0.25) is 0 Å². The second kappa shape index (κ2) is 7.34. The number of hydrogen-bond donors (Lipinski definition) is 0. The molecule has 31 heavy (non-hydrogen) atoms. The Morgan fingerprint density at radius 3 is 2.58 bits per heavy atom. The number of fused-ring (bicyclic) bond motifs is 2. The van der Waals surface area contributed by atoms with E-state index in [0.717, 1.165) is 40.1 Å². The number of carbonyl (C=O) groups is 1. The Labute approximate surface area is 182 Å². The Morgan fingerprint density at radius 2 is 1.84 bits per heavy atom. The maximum absolute atomic E-state index is 14.0. The van der Waals surface area contributed by atoms with Crippen LogP contribution in [0.3, 0.4) is 0 Å². The van der Waals surface area contributed by atoms with E-state index in [1.807, 2.05) is 47.7 Å². The molecule has 1 aliphatic heterocycles. The number of nitrogens with zero attached hydrogens (tertiary/aromatic N) is 4. The Balaban J connectivity index is 1.73. The highest BCUT2D eigenvalue weighted by atomic mass is 16.2. The number of rotatable bonds is 3. The summed E-state index contributed by atoms with van der Waals surface area (Å²) in [5, 5.41) is 5.52. The maximum atomic E-state index is 14.0. The van der Waals surface area contributed by atoms with Crippen molar-refractivity contribution in [1.82, 2.24) is 14.8 Å². The smallest absolute Gasteiger partial charge is 0.259 e. The first-order chi connectivity index (χ1) is 15.0. The van der Waals surface area contributed by atoms with Crippen molar-refractivity contribution < 1.29 is 4.79 Å². The van der Waals surface area contributed by atoms with E-state index in [2.05, 4.69) is 49.3 Å². The summed E-state index contributed by atoms with van der Waals surface area (Å²) in [6.07, 6.45) is 0.869. The van der Waals surface area contributed by atoms with E-state index in [-0.39, 0.29) is 11.9 Å². The number of anilines is 1. The summed E-state index contributed by atoms with van der Waals surface area (Å²) in [6, 6.07) is 18.5. The second-order valence-electron chi connectivity index (χ2n) is 8.38. The highest BCUT2D eigenvalue weighted by Crippen LogP contribution is 2.35. The molecule has 0 saturated heterocycles. The number of aryl methyl sites for hydroxylation is 3. The molecule has 3 heterocycles. The lowest BCUT2D eigenvalue weighted by atomic mass is 10.0. The number of aromatic nitrogens is 3. The minimum absolute atomic E-state index is 0.0111. The van der Waals surface area contributed by atoms with Crippen LogP contribution in [-0.2, 0) is 13.0 Å². The zero-order valence-electron chi connectivity index (χ0n) is 18.4. The van der Waals surface area contributed by atoms with E-state index in [1.165, 1.54) is 11.1 Å². The third kappa shape index (κ3) is 3.12. The summed E-state index contributed by atoms with van der Waals surface area (Å²) in [5.74, 6) is 0.0111. The zero-order valence-corrected chi connectivity index (χ0v) is 18.4. The van der Waals surface area contributed by atoms with Crippen molar-refractivity contribution in [3.05, 3.63) is 77.0 Å². The van der Waals surface area contributed by atoms with Gasteiger partial charge in [0.1, 0.15) is 0 Å². The summed E-state index contributed by atoms with van der Waals surface area (Å²) in [4.78, 5) is 20.8. The largest absolute Gasteiger partial charge is 0.305 e. The van der Waals surface area contributed by atoms with Gasteiger partial charge in [-0.05, 0) is 51.8 Å². The molecular formula is C26H26N4O. The molecule has 0 fully saturated rings. The predicted octanol–water partition coefficient (Wildman–Crippen LogP) is 5.33. The minimum atomic E-state index is 0.0111. The van der Waals surface area contributed by atoms with Crippen LogP contribution in [0.15, 0.2) is 54.6 Å². The number of para-hydroxylation sites is 1. The summed E-state index contributed by atoms with van der Waals surface area (Å²) in [7, 11) is 0. The molecule has 0 radical (unpaired) electrons. The first-order valence-electron chi connectivity index (χ1n) is 10.8. The third-order valence-electron chi connectivity index (χ3n) is 6.18. The number of amides is 1. The van der Waals surface area contributed by atoms with Crippen LogP contribution in [0.1, 0.15) is 41.0 Å². The summed E-state index contributed by atoms with van der Waals surface area (Å²) in [5.41, 5.74) is 7.48. The summed E-state index contributed by atoms with van der Waals surface area (Å²) >= 11 is 0. The summed E-state index contributed by atoms with van der Waals surface area (Å²) < 4.78 is 1.89. The number of pyridine rings is 1. The molecule has 5 nitrogen and oxygen atoms in total. The molecule has 2 aromatic heterocycles. The SMILES string of the molecule is CCn1nc(C)c2c(C(=O)N3c4ccccc4C[C@@H]3C)cc(-c3ccc(C)cc3)nc21. The van der Waals surface area contributed by atoms with Crippen LogP contribution < -0.4 is 4.90 Å². The third-order valence-corrected chi connectivity index (χ3v) is 6.18. The van der Waals surface area contributed by atoms with Gasteiger partial charge in [-0.15, -0.1) is 0 Å². The molecule has 2 aromatic carbocycles. The van der Waals surface area contributed by atoms with Gasteiger partial charge in [0, 0.05) is 23.8 Å². The number of hydrogen-bond acceptors (Lipinski definition) is 3. The van der Waals surface area contributed by atoms with E-state index in [0.29, 0.717) is 12.1 Å². The zero-order chi connectivity index (χ0) is 21.7. The topological polar surface area (TPSA) is 51.0 Å². The van der Waals surface area contributed by atoms with E-state index < -0.39 is 0 Å². The van der Waals surface area contributed by atoms with Gasteiger partial charge >= 0.3 is 0 Å². The van der Waals surface area contributed by atoms with E-state index in [9.17, 15) is 4.79 Å². The molecule has 0 saturated carbocycles. The van der Waals surface area contributed by atoms with Gasteiger partial charge in [0.05, 0.1) is 22.3 Å². The molecule has 0 unspecified atom stereocenters. The highest BCUT2D eigenvalue weighted by Gasteiger charge is 2.33. The quantitative estimate of drug-likeness (QED) is 0.459. The fourth-order valence-corrected chi connectivity index (χ4v) is 4.62. The molecule has 4 aromatic rings. The van der Waals surface area contributed by atoms with Crippen molar-refractivity contribution in [2.45, 2.75) is 46.7 Å². The molecule has 156 valence electrons. The van der Waals surface area contributed by atoms with Crippen molar-refractivity contribution in [1.29, 1.82) is 0 Å². The van der Waals surface area contributed by atoms with Crippen molar-refractivity contribution in [2.24, 2.45) is 0 Å². The lowest BCUT2D eigenvalue weighted by Gasteiger charge is -2.23.